The lowest BCUT2D eigenvalue weighted by Gasteiger charge is -2.42. The van der Waals surface area contributed by atoms with Crippen LogP contribution in [0.2, 0.25) is 0 Å². The minimum absolute atomic E-state index is 0.158. The van der Waals surface area contributed by atoms with Gasteiger partial charge in [0, 0.05) is 22.4 Å². The molecule has 0 N–H and O–H groups in total. The molecule has 0 aromatic heterocycles. The van der Waals surface area contributed by atoms with E-state index in [2.05, 4.69) is 146 Å². The van der Waals surface area contributed by atoms with E-state index in [9.17, 15) is 0 Å². The van der Waals surface area contributed by atoms with Crippen molar-refractivity contribution in [3.8, 4) is 22.3 Å². The molecule has 0 aliphatic heterocycles. The summed E-state index contributed by atoms with van der Waals surface area (Å²) < 4.78 is 0. The lowest BCUT2D eigenvalue weighted by Crippen LogP contribution is -2.29. The van der Waals surface area contributed by atoms with Crippen molar-refractivity contribution in [1.29, 1.82) is 0 Å². The van der Waals surface area contributed by atoms with E-state index >= 15 is 0 Å². The Bertz CT molecular complexity index is 2240. The minimum atomic E-state index is -0.158. The number of fused-ring (bicyclic) bond motifs is 7. The summed E-state index contributed by atoms with van der Waals surface area (Å²) in [5.41, 5.74) is 14.9. The number of rotatable bonds is 6. The van der Waals surface area contributed by atoms with Crippen molar-refractivity contribution in [2.75, 3.05) is 4.90 Å². The molecule has 52 heavy (non-hydrogen) atoms. The largest absolute Gasteiger partial charge is 0.310 e. The molecule has 4 saturated carbocycles. The molecule has 1 nitrogen and oxygen atoms in total. The van der Waals surface area contributed by atoms with Crippen LogP contribution in [0.1, 0.15) is 112 Å². The summed E-state index contributed by atoms with van der Waals surface area (Å²) >= 11 is 0. The highest BCUT2D eigenvalue weighted by atomic mass is 15.1. The Morgan fingerprint density at radius 3 is 1.92 bits per heavy atom. The van der Waals surface area contributed by atoms with E-state index in [4.69, 9.17) is 0 Å². The number of hydrogen-bond acceptors (Lipinski definition) is 1. The van der Waals surface area contributed by atoms with Gasteiger partial charge in [-0.2, -0.15) is 0 Å². The maximum absolute atomic E-state index is 2.58. The van der Waals surface area contributed by atoms with Crippen molar-refractivity contribution in [1.82, 2.24) is 0 Å². The van der Waals surface area contributed by atoms with Gasteiger partial charge in [0.15, 0.2) is 0 Å². The molecule has 0 amide bonds. The smallest absolute Gasteiger partial charge is 0.0543 e. The van der Waals surface area contributed by atoms with E-state index in [-0.39, 0.29) is 5.41 Å². The lowest BCUT2D eigenvalue weighted by molar-refractivity contribution is 0.145. The van der Waals surface area contributed by atoms with E-state index in [1.165, 1.54) is 131 Å². The van der Waals surface area contributed by atoms with E-state index in [0.29, 0.717) is 5.92 Å². The summed E-state index contributed by atoms with van der Waals surface area (Å²) in [6, 6.07) is 49.3. The molecule has 1 heteroatoms. The van der Waals surface area contributed by atoms with E-state index in [1.807, 2.05) is 0 Å². The zero-order valence-electron chi connectivity index (χ0n) is 31.0. The Kier molecular flexibility index (Phi) is 7.89. The number of nitrogens with zero attached hydrogens (tertiary/aromatic N) is 1. The summed E-state index contributed by atoms with van der Waals surface area (Å²) in [4.78, 5) is 2.58. The van der Waals surface area contributed by atoms with Crippen molar-refractivity contribution >= 4 is 27.8 Å². The van der Waals surface area contributed by atoms with E-state index in [0.717, 1.165) is 17.8 Å². The lowest BCUT2D eigenvalue weighted by atomic mass is 9.63. The Morgan fingerprint density at radius 2 is 1.19 bits per heavy atom. The summed E-state index contributed by atoms with van der Waals surface area (Å²) in [5.74, 6) is 3.19. The van der Waals surface area contributed by atoms with E-state index in [1.54, 1.807) is 5.56 Å². The highest BCUT2D eigenvalue weighted by molar-refractivity contribution is 6.05. The van der Waals surface area contributed by atoms with Crippen LogP contribution in [0.25, 0.3) is 33.0 Å². The first kappa shape index (κ1) is 32.1. The molecule has 11 rings (SSSR count). The molecule has 5 aliphatic carbocycles. The predicted molar refractivity (Wildman–Crippen MR) is 220 cm³/mol. The summed E-state index contributed by atoms with van der Waals surface area (Å²) in [5, 5.41) is 2.59. The molecule has 5 aliphatic rings. The predicted octanol–water partition coefficient (Wildman–Crippen LogP) is 14.6. The van der Waals surface area contributed by atoms with Gasteiger partial charge in [0.05, 0.1) is 5.69 Å². The molecular weight excluding hydrogens is 627 g/mol. The van der Waals surface area contributed by atoms with Crippen LogP contribution in [-0.2, 0) is 5.41 Å². The van der Waals surface area contributed by atoms with Crippen LogP contribution < -0.4 is 4.90 Å². The van der Waals surface area contributed by atoms with Gasteiger partial charge in [0.1, 0.15) is 0 Å². The zero-order chi connectivity index (χ0) is 34.8. The third-order valence-corrected chi connectivity index (χ3v) is 13.9. The summed E-state index contributed by atoms with van der Waals surface area (Å²) in [7, 11) is 0. The normalized spacial score (nSPS) is 21.9. The van der Waals surface area contributed by atoms with Crippen molar-refractivity contribution < 1.29 is 0 Å². The Morgan fingerprint density at radius 1 is 0.538 bits per heavy atom. The van der Waals surface area contributed by atoms with Gasteiger partial charge in [-0.25, -0.2) is 0 Å². The van der Waals surface area contributed by atoms with E-state index < -0.39 is 0 Å². The van der Waals surface area contributed by atoms with Gasteiger partial charge in [-0.05, 0) is 136 Å². The third-order valence-electron chi connectivity index (χ3n) is 13.9. The maximum Gasteiger partial charge on any atom is 0.0543 e. The standard InChI is InChI=1S/C51H51N/c1-51(2)47-18-9-8-16-43(47)45-31-32-48(49(50(45)51)44-17-10-14-37-13-6-7-15-42(37)44)52(40-27-23-36(24-28-40)35-11-4-3-5-12-35)41-29-25-39(26-30-41)46-33-34-19-21-38(46)22-20-34/h6-10,13-18,23-32,34-35,38,46H,3-5,11-12,19-22,33H2,1-2H3. The monoisotopic (exact) mass is 677 g/mol. The van der Waals surface area contributed by atoms with Crippen LogP contribution >= 0.6 is 0 Å². The van der Waals surface area contributed by atoms with Gasteiger partial charge in [-0.1, -0.05) is 143 Å². The molecule has 2 bridgehead atoms. The highest BCUT2D eigenvalue weighted by Gasteiger charge is 2.40. The molecule has 0 saturated heterocycles. The fourth-order valence-corrected chi connectivity index (χ4v) is 11.2. The molecule has 6 aromatic rings. The van der Waals surface area contributed by atoms with Crippen LogP contribution in [0.3, 0.4) is 0 Å². The molecule has 260 valence electrons. The minimum Gasteiger partial charge on any atom is -0.310 e. The molecule has 0 heterocycles. The average molecular weight is 678 g/mol. The second-order valence-corrected chi connectivity index (χ2v) is 17.1. The first-order valence-corrected chi connectivity index (χ1v) is 20.3. The SMILES string of the molecule is CC1(C)c2ccccc2-c2ccc(N(c3ccc(C4CCCCC4)cc3)c3ccc(C4CC5CCC4CC5)cc3)c(-c3cccc4ccccc34)c21. The second kappa shape index (κ2) is 12.8. The third kappa shape index (κ3) is 5.26. The highest BCUT2D eigenvalue weighted by Crippen LogP contribution is 2.57. The molecule has 0 radical (unpaired) electrons. The molecule has 1 unspecified atom stereocenters. The summed E-state index contributed by atoms with van der Waals surface area (Å²) in [6.07, 6.45) is 13.8. The van der Waals surface area contributed by atoms with Gasteiger partial charge in [-0.3, -0.25) is 0 Å². The average Bonchev–Trinajstić information content (AvgIpc) is 3.45. The van der Waals surface area contributed by atoms with Crippen molar-refractivity contribution in [3.63, 3.8) is 0 Å². The molecule has 0 spiro atoms. The Labute approximate surface area is 310 Å². The van der Waals surface area contributed by atoms with Gasteiger partial charge in [0.2, 0.25) is 0 Å². The quantitative estimate of drug-likeness (QED) is 0.170. The fraction of sp³-hybridized carbons (Fsp3) is 0.333. The first-order valence-electron chi connectivity index (χ1n) is 20.3. The van der Waals surface area contributed by atoms with Crippen molar-refractivity contribution in [3.05, 3.63) is 150 Å². The van der Waals surface area contributed by atoms with Crippen LogP contribution in [0, 0.1) is 11.8 Å². The van der Waals surface area contributed by atoms with Crippen LogP contribution in [0.4, 0.5) is 17.1 Å². The number of benzene rings is 6. The van der Waals surface area contributed by atoms with Crippen LogP contribution in [0.15, 0.2) is 127 Å². The molecule has 6 aromatic carbocycles. The molecule has 4 fully saturated rings. The van der Waals surface area contributed by atoms with Gasteiger partial charge >= 0.3 is 0 Å². The molecular formula is C51H51N. The first-order chi connectivity index (χ1) is 25.5. The van der Waals surface area contributed by atoms with Crippen molar-refractivity contribution in [2.45, 2.75) is 95.3 Å². The van der Waals surface area contributed by atoms with Gasteiger partial charge < -0.3 is 4.90 Å². The second-order valence-electron chi connectivity index (χ2n) is 17.1. The van der Waals surface area contributed by atoms with Gasteiger partial charge in [0.25, 0.3) is 0 Å². The number of anilines is 3. The fourth-order valence-electron chi connectivity index (χ4n) is 11.2. The maximum atomic E-state index is 2.58. The Balaban J connectivity index is 1.19. The molecule has 1 atom stereocenters. The Hall–Kier alpha value is -4.62. The van der Waals surface area contributed by atoms with Crippen LogP contribution in [-0.4, -0.2) is 0 Å². The van der Waals surface area contributed by atoms with Crippen LogP contribution in [0.5, 0.6) is 0 Å². The topological polar surface area (TPSA) is 3.24 Å². The number of hydrogen-bond donors (Lipinski definition) is 0. The van der Waals surface area contributed by atoms with Crippen molar-refractivity contribution in [2.24, 2.45) is 11.8 Å². The zero-order valence-corrected chi connectivity index (χ0v) is 31.0. The summed E-state index contributed by atoms with van der Waals surface area (Å²) in [6.45, 7) is 4.87. The van der Waals surface area contributed by atoms with Gasteiger partial charge in [-0.15, -0.1) is 0 Å².